The van der Waals surface area contributed by atoms with Crippen LogP contribution in [0, 0.1) is 0 Å². The number of carbonyl (C=O) groups excluding carboxylic acids is 1. The van der Waals surface area contributed by atoms with Gasteiger partial charge in [-0.15, -0.1) is 0 Å². The Kier molecular flexibility index (Phi) is 4.37. The maximum absolute atomic E-state index is 11.9. The van der Waals surface area contributed by atoms with E-state index in [2.05, 4.69) is 0 Å². The van der Waals surface area contributed by atoms with E-state index < -0.39 is 18.7 Å². The topological polar surface area (TPSA) is 76.0 Å². The number of rotatable bonds is 3. The quantitative estimate of drug-likeness (QED) is 0.598. The van der Waals surface area contributed by atoms with Crippen molar-refractivity contribution in [3.8, 4) is 5.75 Å². The maximum atomic E-state index is 11.9. The lowest BCUT2D eigenvalue weighted by Crippen LogP contribution is -2.33. The van der Waals surface area contributed by atoms with Crippen molar-refractivity contribution in [1.82, 2.24) is 0 Å². The van der Waals surface area contributed by atoms with Crippen LogP contribution in [0.15, 0.2) is 18.2 Å². The van der Waals surface area contributed by atoms with Crippen LogP contribution >= 0.6 is 0 Å². The van der Waals surface area contributed by atoms with E-state index in [9.17, 15) is 14.8 Å². The van der Waals surface area contributed by atoms with Gasteiger partial charge in [-0.3, -0.25) is 0 Å². The summed E-state index contributed by atoms with van der Waals surface area (Å²) in [6.45, 7) is 5.26. The first-order chi connectivity index (χ1) is 8.26. The van der Waals surface area contributed by atoms with Crippen molar-refractivity contribution >= 4 is 18.6 Å². The molecule has 0 bridgehead atoms. The molecule has 0 saturated carbocycles. The highest BCUT2D eigenvalue weighted by molar-refractivity contribution is 6.60. The Labute approximate surface area is 106 Å². The largest absolute Gasteiger partial charge is 0.496 e. The van der Waals surface area contributed by atoms with E-state index >= 15 is 0 Å². The van der Waals surface area contributed by atoms with Crippen molar-refractivity contribution in [2.24, 2.45) is 0 Å². The summed E-state index contributed by atoms with van der Waals surface area (Å²) in [6.07, 6.45) is 0. The van der Waals surface area contributed by atoms with Crippen LogP contribution in [0.5, 0.6) is 5.75 Å². The van der Waals surface area contributed by atoms with Crippen LogP contribution in [-0.4, -0.2) is 35.8 Å². The molecule has 1 rings (SSSR count). The summed E-state index contributed by atoms with van der Waals surface area (Å²) in [6, 6.07) is 4.52. The fraction of sp³-hybridized carbons (Fsp3) is 0.417. The van der Waals surface area contributed by atoms with Crippen LogP contribution in [0.4, 0.5) is 0 Å². The van der Waals surface area contributed by atoms with E-state index in [0.717, 1.165) is 0 Å². The second kappa shape index (κ2) is 5.41. The molecule has 2 N–H and O–H groups in total. The molecule has 0 atom stereocenters. The van der Waals surface area contributed by atoms with Gasteiger partial charge in [-0.2, -0.15) is 0 Å². The first-order valence-electron chi connectivity index (χ1n) is 5.52. The second-order valence-corrected chi connectivity index (χ2v) is 4.80. The molecule has 0 unspecified atom stereocenters. The van der Waals surface area contributed by atoms with E-state index in [4.69, 9.17) is 9.47 Å². The van der Waals surface area contributed by atoms with Gasteiger partial charge >= 0.3 is 13.1 Å². The predicted molar refractivity (Wildman–Crippen MR) is 68.0 cm³/mol. The molecule has 6 heteroatoms. The molecular weight excluding hydrogens is 235 g/mol. The highest BCUT2D eigenvalue weighted by atomic mass is 16.6. The van der Waals surface area contributed by atoms with Crippen molar-refractivity contribution in [2.75, 3.05) is 7.11 Å². The monoisotopic (exact) mass is 252 g/mol. The zero-order valence-corrected chi connectivity index (χ0v) is 10.9. The lowest BCUT2D eigenvalue weighted by atomic mass is 9.78. The zero-order valence-electron chi connectivity index (χ0n) is 10.9. The number of para-hydroxylation sites is 1. The van der Waals surface area contributed by atoms with Gasteiger partial charge in [0.05, 0.1) is 7.11 Å². The van der Waals surface area contributed by atoms with Gasteiger partial charge in [0.25, 0.3) is 0 Å². The van der Waals surface area contributed by atoms with E-state index in [1.165, 1.54) is 25.3 Å². The van der Waals surface area contributed by atoms with Crippen LogP contribution in [0.1, 0.15) is 31.1 Å². The molecule has 0 heterocycles. The van der Waals surface area contributed by atoms with Crippen LogP contribution in [0.25, 0.3) is 0 Å². The van der Waals surface area contributed by atoms with Crippen molar-refractivity contribution in [3.63, 3.8) is 0 Å². The molecule has 0 spiro atoms. The van der Waals surface area contributed by atoms with E-state index in [-0.39, 0.29) is 16.8 Å². The molecule has 0 aromatic heterocycles. The van der Waals surface area contributed by atoms with E-state index in [1.54, 1.807) is 20.8 Å². The number of carbonyl (C=O) groups is 1. The third-order valence-corrected chi connectivity index (χ3v) is 2.15. The Morgan fingerprint density at radius 1 is 1.28 bits per heavy atom. The summed E-state index contributed by atoms with van der Waals surface area (Å²) in [5.41, 5.74) is -0.338. The van der Waals surface area contributed by atoms with Crippen molar-refractivity contribution in [1.29, 1.82) is 0 Å². The normalized spacial score (nSPS) is 11.0. The lowest BCUT2D eigenvalue weighted by Gasteiger charge is -2.21. The molecule has 1 aromatic carbocycles. The Balaban J connectivity index is 3.16. The summed E-state index contributed by atoms with van der Waals surface area (Å²) in [5.74, 6) is -0.455. The number of esters is 1. The highest BCUT2D eigenvalue weighted by Gasteiger charge is 2.25. The molecule has 0 amide bonds. The van der Waals surface area contributed by atoms with Crippen LogP contribution in [0.3, 0.4) is 0 Å². The van der Waals surface area contributed by atoms with E-state index in [0.29, 0.717) is 0 Å². The average molecular weight is 252 g/mol. The van der Waals surface area contributed by atoms with Gasteiger partial charge in [-0.25, -0.2) is 4.79 Å². The first kappa shape index (κ1) is 14.5. The van der Waals surface area contributed by atoms with Gasteiger partial charge in [-0.05, 0) is 26.8 Å². The third kappa shape index (κ3) is 3.48. The Bertz CT molecular complexity index is 437. The van der Waals surface area contributed by atoms with Gasteiger partial charge in [0.1, 0.15) is 16.9 Å². The second-order valence-electron chi connectivity index (χ2n) is 4.80. The summed E-state index contributed by atoms with van der Waals surface area (Å²) in [7, 11) is -0.350. The SMILES string of the molecule is COc1c(B(O)O)cccc1C(=O)OC(C)(C)C. The molecular formula is C12H17BO5. The fourth-order valence-corrected chi connectivity index (χ4v) is 1.48. The van der Waals surface area contributed by atoms with E-state index in [1.807, 2.05) is 0 Å². The Hall–Kier alpha value is -1.53. The van der Waals surface area contributed by atoms with Gasteiger partial charge in [0.15, 0.2) is 0 Å². The minimum absolute atomic E-state index is 0.113. The standard InChI is InChI=1S/C12H17BO5/c1-12(2,3)18-11(14)8-6-5-7-9(13(15)16)10(8)17-4/h5-7,15-16H,1-4H3. The Morgan fingerprint density at radius 2 is 1.89 bits per heavy atom. The summed E-state index contributed by atoms with van der Waals surface area (Å²) in [4.78, 5) is 11.9. The molecule has 0 aliphatic carbocycles. The number of ether oxygens (including phenoxy) is 2. The van der Waals surface area contributed by atoms with Crippen molar-refractivity contribution in [3.05, 3.63) is 23.8 Å². The van der Waals surface area contributed by atoms with Gasteiger partial charge in [0, 0.05) is 5.46 Å². The van der Waals surface area contributed by atoms with Crippen molar-refractivity contribution in [2.45, 2.75) is 26.4 Å². The molecule has 1 aromatic rings. The third-order valence-electron chi connectivity index (χ3n) is 2.15. The Morgan fingerprint density at radius 3 is 2.33 bits per heavy atom. The zero-order chi connectivity index (χ0) is 13.9. The molecule has 0 saturated heterocycles. The number of hydrogen-bond donors (Lipinski definition) is 2. The van der Waals surface area contributed by atoms with Gasteiger partial charge in [0.2, 0.25) is 0 Å². The number of methoxy groups -OCH3 is 1. The summed E-state index contributed by atoms with van der Waals surface area (Å²) < 4.78 is 10.3. The smallest absolute Gasteiger partial charge is 0.492 e. The minimum Gasteiger partial charge on any atom is -0.496 e. The van der Waals surface area contributed by atoms with Gasteiger partial charge < -0.3 is 19.5 Å². The highest BCUT2D eigenvalue weighted by Crippen LogP contribution is 2.20. The first-order valence-corrected chi connectivity index (χ1v) is 5.52. The molecule has 0 aliphatic rings. The summed E-state index contributed by atoms with van der Waals surface area (Å²) >= 11 is 0. The number of benzene rings is 1. The fourth-order valence-electron chi connectivity index (χ4n) is 1.48. The average Bonchev–Trinajstić information content (AvgIpc) is 2.25. The van der Waals surface area contributed by atoms with Crippen LogP contribution < -0.4 is 10.2 Å². The van der Waals surface area contributed by atoms with Gasteiger partial charge in [-0.1, -0.05) is 12.1 Å². The molecule has 0 radical (unpaired) electrons. The molecule has 18 heavy (non-hydrogen) atoms. The predicted octanol–water partition coefficient (Wildman–Crippen LogP) is 0.330. The molecule has 5 nitrogen and oxygen atoms in total. The van der Waals surface area contributed by atoms with Crippen molar-refractivity contribution < 1.29 is 24.3 Å². The molecule has 0 aliphatic heterocycles. The molecule has 0 fully saturated rings. The maximum Gasteiger partial charge on any atom is 0.492 e. The molecule has 98 valence electrons. The minimum atomic E-state index is -1.71. The van der Waals surface area contributed by atoms with Crippen LogP contribution in [-0.2, 0) is 4.74 Å². The number of hydrogen-bond acceptors (Lipinski definition) is 5. The van der Waals surface area contributed by atoms with Crippen LogP contribution in [0.2, 0.25) is 0 Å². The lowest BCUT2D eigenvalue weighted by molar-refractivity contribution is 0.00667. The summed E-state index contributed by atoms with van der Waals surface area (Å²) in [5, 5.41) is 18.4.